The second kappa shape index (κ2) is 11.4. The minimum atomic E-state index is -0.397. The second-order valence-corrected chi connectivity index (χ2v) is 15.4. The highest BCUT2D eigenvalue weighted by molar-refractivity contribution is 5.87. The standard InChI is InChI=1S/C49H48/c1-30-17-15-16-22-43(30)48(8)44(36(7)40-23-31(2)33(4)26-45(40)48)28-37-29-47-42(25-35(37)6)41-24-32(3)34(5)27-46(41)49(47,38-18-11-9-12-19-38)39-20-13-10-14-21-39/h9-27,29,36,44H,28H2,1-8H3. The zero-order valence-corrected chi connectivity index (χ0v) is 30.4. The van der Waals surface area contributed by atoms with Crippen molar-refractivity contribution in [3.63, 3.8) is 0 Å². The molecule has 0 saturated carbocycles. The fraction of sp³-hybridized carbons (Fsp3) is 0.265. The predicted molar refractivity (Wildman–Crippen MR) is 207 cm³/mol. The maximum absolute atomic E-state index is 2.62. The first-order chi connectivity index (χ1) is 23.6. The van der Waals surface area contributed by atoms with Gasteiger partial charge in [0.1, 0.15) is 0 Å². The van der Waals surface area contributed by atoms with Crippen molar-refractivity contribution in [1.82, 2.24) is 0 Å². The maximum atomic E-state index is 2.62. The molecule has 2 aliphatic rings. The van der Waals surface area contributed by atoms with Crippen LogP contribution in [0.2, 0.25) is 0 Å². The Kier molecular flexibility index (Phi) is 7.38. The van der Waals surface area contributed by atoms with Gasteiger partial charge in [-0.15, -0.1) is 0 Å². The average molecular weight is 637 g/mol. The van der Waals surface area contributed by atoms with E-state index in [1.807, 2.05) is 0 Å². The summed E-state index contributed by atoms with van der Waals surface area (Å²) in [4.78, 5) is 0. The van der Waals surface area contributed by atoms with E-state index in [2.05, 4.69) is 177 Å². The van der Waals surface area contributed by atoms with Crippen LogP contribution in [0.3, 0.4) is 0 Å². The summed E-state index contributed by atoms with van der Waals surface area (Å²) in [6.07, 6.45) is 1.02. The molecule has 0 N–H and O–H groups in total. The van der Waals surface area contributed by atoms with E-state index < -0.39 is 5.41 Å². The molecule has 0 radical (unpaired) electrons. The molecule has 6 aromatic rings. The van der Waals surface area contributed by atoms with Gasteiger partial charge in [0.05, 0.1) is 5.41 Å². The molecule has 0 bridgehead atoms. The molecule has 0 saturated heterocycles. The first-order valence-corrected chi connectivity index (χ1v) is 18.1. The van der Waals surface area contributed by atoms with Gasteiger partial charge in [-0.2, -0.15) is 0 Å². The maximum Gasteiger partial charge on any atom is 0.0713 e. The summed E-state index contributed by atoms with van der Waals surface area (Å²) in [7, 11) is 0. The van der Waals surface area contributed by atoms with Gasteiger partial charge in [0.15, 0.2) is 0 Å². The van der Waals surface area contributed by atoms with Crippen molar-refractivity contribution >= 4 is 0 Å². The molecule has 8 rings (SSSR count). The second-order valence-electron chi connectivity index (χ2n) is 15.4. The van der Waals surface area contributed by atoms with E-state index in [4.69, 9.17) is 0 Å². The highest BCUT2D eigenvalue weighted by Crippen LogP contribution is 2.59. The number of aryl methyl sites for hydroxylation is 6. The lowest BCUT2D eigenvalue weighted by Gasteiger charge is -2.38. The van der Waals surface area contributed by atoms with Crippen molar-refractivity contribution in [1.29, 1.82) is 0 Å². The van der Waals surface area contributed by atoms with Gasteiger partial charge in [-0.05, 0) is 149 Å². The molecule has 49 heavy (non-hydrogen) atoms. The molecule has 0 heteroatoms. The first kappa shape index (κ1) is 31.6. The van der Waals surface area contributed by atoms with Crippen LogP contribution in [0.15, 0.2) is 121 Å². The van der Waals surface area contributed by atoms with Crippen LogP contribution < -0.4 is 0 Å². The van der Waals surface area contributed by atoms with Crippen molar-refractivity contribution in [2.45, 2.75) is 78.6 Å². The first-order valence-electron chi connectivity index (χ1n) is 18.1. The molecule has 244 valence electrons. The molecule has 3 unspecified atom stereocenters. The molecule has 3 atom stereocenters. The third kappa shape index (κ3) is 4.49. The van der Waals surface area contributed by atoms with E-state index in [1.165, 1.54) is 89.0 Å². The molecule has 2 aliphatic carbocycles. The molecule has 0 spiro atoms. The van der Waals surface area contributed by atoms with Gasteiger partial charge < -0.3 is 0 Å². The van der Waals surface area contributed by atoms with Crippen molar-refractivity contribution in [3.05, 3.63) is 199 Å². The predicted octanol–water partition coefficient (Wildman–Crippen LogP) is 12.2. The van der Waals surface area contributed by atoms with Gasteiger partial charge in [0.25, 0.3) is 0 Å². The Hall–Kier alpha value is -4.68. The summed E-state index contributed by atoms with van der Waals surface area (Å²) in [5.41, 5.74) is 22.0. The van der Waals surface area contributed by atoms with E-state index in [0.717, 1.165) is 6.42 Å². The van der Waals surface area contributed by atoms with E-state index in [1.54, 1.807) is 0 Å². The molecule has 0 amide bonds. The Morgan fingerprint density at radius 1 is 0.469 bits per heavy atom. The van der Waals surface area contributed by atoms with Crippen LogP contribution in [0.1, 0.15) is 97.7 Å². The lowest BCUT2D eigenvalue weighted by Crippen LogP contribution is -2.33. The van der Waals surface area contributed by atoms with Crippen molar-refractivity contribution in [2.24, 2.45) is 5.92 Å². The molecular formula is C49H48. The summed E-state index contributed by atoms with van der Waals surface area (Å²) >= 11 is 0. The molecule has 0 nitrogen and oxygen atoms in total. The summed E-state index contributed by atoms with van der Waals surface area (Å²) in [6, 6.07) is 46.7. The van der Waals surface area contributed by atoms with Crippen LogP contribution in [0, 0.1) is 47.5 Å². The number of benzene rings is 6. The fourth-order valence-electron chi connectivity index (χ4n) is 9.86. The largest absolute Gasteiger partial charge is 0.0713 e. The number of rotatable bonds is 5. The van der Waals surface area contributed by atoms with E-state index in [9.17, 15) is 0 Å². The quantitative estimate of drug-likeness (QED) is 0.176. The van der Waals surface area contributed by atoms with Gasteiger partial charge in [0.2, 0.25) is 0 Å². The topological polar surface area (TPSA) is 0 Å². The third-order valence-electron chi connectivity index (χ3n) is 12.8. The smallest absolute Gasteiger partial charge is 0.0622 e. The van der Waals surface area contributed by atoms with Gasteiger partial charge in [-0.1, -0.05) is 135 Å². The van der Waals surface area contributed by atoms with Crippen LogP contribution in [0.25, 0.3) is 11.1 Å². The lowest BCUT2D eigenvalue weighted by atomic mass is 9.65. The van der Waals surface area contributed by atoms with Crippen LogP contribution >= 0.6 is 0 Å². The van der Waals surface area contributed by atoms with Crippen molar-refractivity contribution < 1.29 is 0 Å². The summed E-state index contributed by atoms with van der Waals surface area (Å²) in [5.74, 6) is 0.847. The number of hydrogen-bond donors (Lipinski definition) is 0. The van der Waals surface area contributed by atoms with E-state index >= 15 is 0 Å². The summed E-state index contributed by atoms with van der Waals surface area (Å²) in [5, 5.41) is 0. The Bertz CT molecular complexity index is 2200. The fourth-order valence-corrected chi connectivity index (χ4v) is 9.86. The van der Waals surface area contributed by atoms with Crippen LogP contribution in [-0.4, -0.2) is 0 Å². The molecular weight excluding hydrogens is 589 g/mol. The van der Waals surface area contributed by atoms with Crippen LogP contribution in [-0.2, 0) is 17.3 Å². The monoisotopic (exact) mass is 636 g/mol. The Morgan fingerprint density at radius 3 is 1.57 bits per heavy atom. The number of fused-ring (bicyclic) bond motifs is 4. The number of hydrogen-bond acceptors (Lipinski definition) is 0. The van der Waals surface area contributed by atoms with Gasteiger partial charge >= 0.3 is 0 Å². The minimum Gasteiger partial charge on any atom is -0.0622 e. The molecule has 0 heterocycles. The van der Waals surface area contributed by atoms with Gasteiger partial charge in [-0.3, -0.25) is 0 Å². The summed E-state index contributed by atoms with van der Waals surface area (Å²) < 4.78 is 0. The van der Waals surface area contributed by atoms with Crippen molar-refractivity contribution in [3.8, 4) is 11.1 Å². The summed E-state index contributed by atoms with van der Waals surface area (Å²) in [6.45, 7) is 18.8. The normalized spacial score (nSPS) is 20.2. The Morgan fingerprint density at radius 2 is 0.959 bits per heavy atom. The van der Waals surface area contributed by atoms with Gasteiger partial charge in [0, 0.05) is 5.41 Å². The van der Waals surface area contributed by atoms with E-state index in [-0.39, 0.29) is 5.41 Å². The zero-order valence-electron chi connectivity index (χ0n) is 30.4. The highest BCUT2D eigenvalue weighted by Gasteiger charge is 2.50. The Labute approximate surface area is 293 Å². The van der Waals surface area contributed by atoms with Crippen molar-refractivity contribution in [2.75, 3.05) is 0 Å². The minimum absolute atomic E-state index is 0.100. The average Bonchev–Trinajstić information content (AvgIpc) is 3.47. The lowest BCUT2D eigenvalue weighted by molar-refractivity contribution is 0.334. The van der Waals surface area contributed by atoms with Gasteiger partial charge in [-0.25, -0.2) is 0 Å². The van der Waals surface area contributed by atoms with Crippen LogP contribution in [0.4, 0.5) is 0 Å². The highest BCUT2D eigenvalue weighted by atomic mass is 14.5. The van der Waals surface area contributed by atoms with Crippen LogP contribution in [0.5, 0.6) is 0 Å². The molecule has 0 aromatic heterocycles. The molecule has 0 fully saturated rings. The Balaban J connectivity index is 1.38. The SMILES string of the molecule is Cc1cc2c(cc1C)C(c1ccccc1)(c1ccccc1)c1cc(CC3C(C)c4cc(C)c(C)cc4C3(C)c3ccccc3C)c(C)cc1-2. The zero-order chi connectivity index (χ0) is 34.2. The van der Waals surface area contributed by atoms with E-state index in [0.29, 0.717) is 11.8 Å². The molecule has 0 aliphatic heterocycles. The molecule has 6 aromatic carbocycles. The third-order valence-corrected chi connectivity index (χ3v) is 12.8.